The molecule has 8 nitrogen and oxygen atoms in total. The van der Waals surface area contributed by atoms with Crippen molar-refractivity contribution < 1.29 is 27.5 Å². The van der Waals surface area contributed by atoms with Crippen molar-refractivity contribution in [3.05, 3.63) is 65.7 Å². The molecule has 0 aliphatic carbocycles. The first-order valence-corrected chi connectivity index (χ1v) is 10.00. The second-order valence-corrected chi connectivity index (χ2v) is 7.83. The zero-order valence-electron chi connectivity index (χ0n) is 15.3. The van der Waals surface area contributed by atoms with E-state index in [1.54, 1.807) is 48.5 Å². The van der Waals surface area contributed by atoms with E-state index in [9.17, 15) is 18.0 Å². The van der Waals surface area contributed by atoms with Crippen LogP contribution in [-0.2, 0) is 31.0 Å². The lowest BCUT2D eigenvalue weighted by molar-refractivity contribution is -0.142. The summed E-state index contributed by atoms with van der Waals surface area (Å²) in [7, 11) is -4.14. The predicted octanol–water partition coefficient (Wildman–Crippen LogP) is 1.93. The van der Waals surface area contributed by atoms with Gasteiger partial charge in [-0.2, -0.15) is 8.42 Å². The van der Waals surface area contributed by atoms with Gasteiger partial charge in [0.05, 0.1) is 24.4 Å². The van der Waals surface area contributed by atoms with Crippen molar-refractivity contribution in [3.63, 3.8) is 0 Å². The fourth-order valence-electron chi connectivity index (χ4n) is 2.78. The molecule has 2 aromatic rings. The molecule has 28 heavy (non-hydrogen) atoms. The Balaban J connectivity index is 1.86. The summed E-state index contributed by atoms with van der Waals surface area (Å²) in [6.45, 7) is 0.926. The number of nitrogens with zero attached hydrogens (tertiary/aromatic N) is 2. The Bertz CT molecular complexity index is 961. The molecule has 0 spiro atoms. The summed E-state index contributed by atoms with van der Waals surface area (Å²) in [6, 6.07) is 15.3. The summed E-state index contributed by atoms with van der Waals surface area (Å²) in [5, 5.41) is 0. The predicted molar refractivity (Wildman–Crippen MR) is 102 cm³/mol. The number of hydrogen-bond acceptors (Lipinski definition) is 6. The third-order valence-electron chi connectivity index (χ3n) is 4.10. The molecule has 1 aliphatic heterocycles. The molecule has 0 unspecified atom stereocenters. The molecule has 1 amide bonds. The number of rotatable bonds is 7. The van der Waals surface area contributed by atoms with E-state index in [1.165, 1.54) is 6.92 Å². The lowest BCUT2D eigenvalue weighted by Gasteiger charge is -2.36. The zero-order valence-corrected chi connectivity index (χ0v) is 16.1. The maximum absolute atomic E-state index is 13.1. The molecule has 0 saturated heterocycles. The molecule has 0 saturated carbocycles. The normalized spacial score (nSPS) is 15.2. The van der Waals surface area contributed by atoms with Crippen LogP contribution in [0.25, 0.3) is 0 Å². The molecule has 0 radical (unpaired) electrons. The van der Waals surface area contributed by atoms with E-state index < -0.39 is 22.1 Å². The van der Waals surface area contributed by atoms with Crippen molar-refractivity contribution in [3.8, 4) is 0 Å². The lowest BCUT2D eigenvalue weighted by atomic mass is 10.1. The molecular weight excluding hydrogens is 384 g/mol. The number of esters is 1. The van der Waals surface area contributed by atoms with Crippen molar-refractivity contribution in [1.82, 2.24) is 4.31 Å². The highest BCUT2D eigenvalue weighted by atomic mass is 32.2. The van der Waals surface area contributed by atoms with Crippen molar-refractivity contribution in [2.45, 2.75) is 13.5 Å². The molecule has 0 fully saturated rings. The van der Waals surface area contributed by atoms with Crippen molar-refractivity contribution in [1.29, 1.82) is 0 Å². The number of fused-ring (bicyclic) bond motifs is 1. The Morgan fingerprint density at radius 1 is 0.964 bits per heavy atom. The van der Waals surface area contributed by atoms with Crippen molar-refractivity contribution in [2.75, 3.05) is 24.2 Å². The van der Waals surface area contributed by atoms with Gasteiger partial charge < -0.3 is 9.47 Å². The molecular formula is C19H20N2O6S. The van der Waals surface area contributed by atoms with E-state index in [-0.39, 0.29) is 37.7 Å². The third-order valence-corrected chi connectivity index (χ3v) is 5.81. The van der Waals surface area contributed by atoms with Crippen LogP contribution >= 0.6 is 0 Å². The van der Waals surface area contributed by atoms with Gasteiger partial charge in [-0.15, -0.1) is 0 Å². The number of carbonyl (C=O) groups is 2. The van der Waals surface area contributed by atoms with E-state index in [2.05, 4.69) is 0 Å². The summed E-state index contributed by atoms with van der Waals surface area (Å²) in [6.07, 6.45) is 0. The Morgan fingerprint density at radius 3 is 2.36 bits per heavy atom. The average molecular weight is 404 g/mol. The van der Waals surface area contributed by atoms with E-state index in [4.69, 9.17) is 9.47 Å². The van der Waals surface area contributed by atoms with Crippen LogP contribution in [0.2, 0.25) is 0 Å². The van der Waals surface area contributed by atoms with Crippen LogP contribution in [0.1, 0.15) is 22.8 Å². The number of amides is 1. The van der Waals surface area contributed by atoms with Crippen molar-refractivity contribution >= 4 is 27.8 Å². The number of carbonyl (C=O) groups excluding carboxylic acids is 2. The third kappa shape index (κ3) is 4.15. The van der Waals surface area contributed by atoms with E-state index in [1.807, 2.05) is 6.07 Å². The summed E-state index contributed by atoms with van der Waals surface area (Å²) in [5.74, 6) is -1.03. The van der Waals surface area contributed by atoms with E-state index >= 15 is 0 Å². The van der Waals surface area contributed by atoms with Gasteiger partial charge in [-0.05, 0) is 17.7 Å². The standard InChI is InChI=1S/C19H20N2O6S/c1-15(22)27-12-11-26-14-21-18-10-6-5-9-17(18)19(23)20(28(21,24)25)13-16-7-3-2-4-8-16/h2-10H,11-14H2,1H3. The van der Waals surface area contributed by atoms with E-state index in [0.717, 1.165) is 8.61 Å². The SMILES string of the molecule is CC(=O)OCCOCN1c2ccccc2C(=O)N(Cc2ccccc2)S1(=O)=O. The molecule has 9 heteroatoms. The van der Waals surface area contributed by atoms with Crippen LogP contribution in [0.3, 0.4) is 0 Å². The van der Waals surface area contributed by atoms with Gasteiger partial charge in [-0.25, -0.2) is 8.61 Å². The summed E-state index contributed by atoms with van der Waals surface area (Å²) in [5.41, 5.74) is 1.22. The average Bonchev–Trinajstić information content (AvgIpc) is 2.68. The zero-order chi connectivity index (χ0) is 20.1. The smallest absolute Gasteiger partial charge is 0.331 e. The van der Waals surface area contributed by atoms with Gasteiger partial charge >= 0.3 is 16.2 Å². The van der Waals surface area contributed by atoms with Gasteiger partial charge in [-0.3, -0.25) is 9.59 Å². The topological polar surface area (TPSA) is 93.2 Å². The van der Waals surface area contributed by atoms with Gasteiger partial charge in [-0.1, -0.05) is 42.5 Å². The van der Waals surface area contributed by atoms with Crippen LogP contribution < -0.4 is 4.31 Å². The monoisotopic (exact) mass is 404 g/mol. The largest absolute Gasteiger partial charge is 0.463 e. The highest BCUT2D eigenvalue weighted by Gasteiger charge is 2.41. The highest BCUT2D eigenvalue weighted by Crippen LogP contribution is 2.33. The van der Waals surface area contributed by atoms with Gasteiger partial charge in [0.25, 0.3) is 5.91 Å². The molecule has 0 aromatic heterocycles. The summed E-state index contributed by atoms with van der Waals surface area (Å²) < 4.78 is 38.3. The Labute approximate surface area is 163 Å². The Hall–Kier alpha value is -2.91. The number of anilines is 1. The molecule has 0 N–H and O–H groups in total. The minimum absolute atomic E-state index is 0.0114. The molecule has 3 rings (SSSR count). The second kappa shape index (κ2) is 8.41. The molecule has 2 aromatic carbocycles. The molecule has 0 bridgehead atoms. The first kappa shape index (κ1) is 19.8. The van der Waals surface area contributed by atoms with Crippen LogP contribution in [-0.4, -0.2) is 44.5 Å². The van der Waals surface area contributed by atoms with Gasteiger partial charge in [0.15, 0.2) is 0 Å². The minimum Gasteiger partial charge on any atom is -0.463 e. The number of ether oxygens (including phenoxy) is 2. The van der Waals surface area contributed by atoms with Crippen molar-refractivity contribution in [2.24, 2.45) is 0 Å². The highest BCUT2D eigenvalue weighted by molar-refractivity contribution is 7.91. The van der Waals surface area contributed by atoms with Crippen LogP contribution in [0.5, 0.6) is 0 Å². The van der Waals surface area contributed by atoms with Crippen LogP contribution in [0.15, 0.2) is 54.6 Å². The molecule has 1 heterocycles. The fraction of sp³-hybridized carbons (Fsp3) is 0.263. The van der Waals surface area contributed by atoms with Gasteiger partial charge in [0.1, 0.15) is 13.3 Å². The van der Waals surface area contributed by atoms with Crippen LogP contribution in [0.4, 0.5) is 5.69 Å². The maximum atomic E-state index is 13.1. The number of hydrogen-bond donors (Lipinski definition) is 0. The van der Waals surface area contributed by atoms with Gasteiger partial charge in [0, 0.05) is 6.92 Å². The molecule has 1 aliphatic rings. The van der Waals surface area contributed by atoms with Gasteiger partial charge in [0.2, 0.25) is 0 Å². The number of benzene rings is 2. The number of para-hydroxylation sites is 1. The molecule has 148 valence electrons. The summed E-state index contributed by atoms with van der Waals surface area (Å²) in [4.78, 5) is 23.7. The fourth-order valence-corrected chi connectivity index (χ4v) is 4.26. The van der Waals surface area contributed by atoms with E-state index in [0.29, 0.717) is 5.56 Å². The first-order valence-electron chi connectivity index (χ1n) is 8.60. The lowest BCUT2D eigenvalue weighted by Crippen LogP contribution is -2.51. The Morgan fingerprint density at radius 2 is 1.64 bits per heavy atom. The first-order chi connectivity index (χ1) is 13.4. The summed E-state index contributed by atoms with van der Waals surface area (Å²) >= 11 is 0. The minimum atomic E-state index is -4.14. The Kier molecular flexibility index (Phi) is 5.96. The second-order valence-electron chi connectivity index (χ2n) is 6.05. The molecule has 0 atom stereocenters. The quantitative estimate of drug-likeness (QED) is 0.517. The van der Waals surface area contributed by atoms with Crippen LogP contribution in [0, 0.1) is 0 Å². The maximum Gasteiger partial charge on any atom is 0.331 e.